The maximum atomic E-state index is 12.1. The van der Waals surface area contributed by atoms with Crippen molar-refractivity contribution in [3.8, 4) is 11.5 Å². The molecule has 0 aromatic heterocycles. The van der Waals surface area contributed by atoms with Crippen LogP contribution in [-0.4, -0.2) is 61.4 Å². The van der Waals surface area contributed by atoms with E-state index in [4.69, 9.17) is 19.3 Å². The third-order valence-corrected chi connectivity index (χ3v) is 3.15. The van der Waals surface area contributed by atoms with Crippen molar-refractivity contribution in [1.82, 2.24) is 4.90 Å². The van der Waals surface area contributed by atoms with Gasteiger partial charge in [-0.2, -0.15) is 0 Å². The van der Waals surface area contributed by atoms with E-state index in [1.54, 1.807) is 24.3 Å². The standard InChI is InChI=1S/C14H17NO6/c1-19-11-4-2-3-5-12(11)21-9-13(16)15-6-7-20-8-10(15)14(17)18/h2-5,10H,6-9H2,1H3,(H,17,18)/t10-/m1/s1. The minimum atomic E-state index is -1.08. The molecule has 114 valence electrons. The number of rotatable bonds is 5. The number of para-hydroxylation sites is 2. The topological polar surface area (TPSA) is 85.3 Å². The second-order valence-corrected chi connectivity index (χ2v) is 4.46. The molecule has 0 unspecified atom stereocenters. The van der Waals surface area contributed by atoms with Gasteiger partial charge in [-0.15, -0.1) is 0 Å². The summed E-state index contributed by atoms with van der Waals surface area (Å²) in [7, 11) is 1.51. The van der Waals surface area contributed by atoms with Crippen LogP contribution in [0.2, 0.25) is 0 Å². The number of amides is 1. The molecule has 1 saturated heterocycles. The Bertz CT molecular complexity index is 518. The van der Waals surface area contributed by atoms with Gasteiger partial charge in [0.15, 0.2) is 24.1 Å². The molecule has 0 spiro atoms. The molecule has 2 rings (SSSR count). The minimum Gasteiger partial charge on any atom is -0.493 e. The number of hydrogen-bond donors (Lipinski definition) is 1. The van der Waals surface area contributed by atoms with Crippen molar-refractivity contribution < 1.29 is 28.9 Å². The number of nitrogens with zero attached hydrogens (tertiary/aromatic N) is 1. The molecule has 21 heavy (non-hydrogen) atoms. The Morgan fingerprint density at radius 2 is 2.10 bits per heavy atom. The minimum absolute atomic E-state index is 0.00423. The van der Waals surface area contributed by atoms with Crippen LogP contribution in [0.4, 0.5) is 0 Å². The smallest absolute Gasteiger partial charge is 0.328 e. The van der Waals surface area contributed by atoms with Crippen LogP contribution in [0.1, 0.15) is 0 Å². The quantitative estimate of drug-likeness (QED) is 0.845. The number of hydrogen-bond acceptors (Lipinski definition) is 5. The van der Waals surface area contributed by atoms with Crippen LogP contribution >= 0.6 is 0 Å². The van der Waals surface area contributed by atoms with Gasteiger partial charge < -0.3 is 24.2 Å². The summed E-state index contributed by atoms with van der Waals surface area (Å²) in [4.78, 5) is 24.5. The largest absolute Gasteiger partial charge is 0.493 e. The summed E-state index contributed by atoms with van der Waals surface area (Å²) in [6.45, 7) is 0.315. The van der Waals surface area contributed by atoms with E-state index in [-0.39, 0.29) is 19.8 Å². The van der Waals surface area contributed by atoms with Crippen LogP contribution in [0.15, 0.2) is 24.3 Å². The summed E-state index contributed by atoms with van der Waals surface area (Å²) in [5.41, 5.74) is 0. The first-order valence-electron chi connectivity index (χ1n) is 6.49. The van der Waals surface area contributed by atoms with Crippen molar-refractivity contribution in [3.05, 3.63) is 24.3 Å². The number of carboxylic acids is 1. The SMILES string of the molecule is COc1ccccc1OCC(=O)N1CCOC[C@@H]1C(=O)O. The van der Waals surface area contributed by atoms with Gasteiger partial charge in [-0.3, -0.25) is 4.79 Å². The Kier molecular flexibility index (Phi) is 4.99. The first kappa shape index (κ1) is 15.1. The van der Waals surface area contributed by atoms with E-state index in [1.807, 2.05) is 0 Å². The lowest BCUT2D eigenvalue weighted by Crippen LogP contribution is -2.53. The zero-order chi connectivity index (χ0) is 15.2. The van der Waals surface area contributed by atoms with E-state index in [9.17, 15) is 9.59 Å². The van der Waals surface area contributed by atoms with Crippen molar-refractivity contribution in [2.75, 3.05) is 33.5 Å². The average Bonchev–Trinajstić information content (AvgIpc) is 2.52. The fourth-order valence-corrected chi connectivity index (χ4v) is 2.07. The molecule has 1 heterocycles. The summed E-state index contributed by atoms with van der Waals surface area (Å²) in [6.07, 6.45) is 0. The molecule has 0 bridgehead atoms. The van der Waals surface area contributed by atoms with E-state index in [2.05, 4.69) is 0 Å². The summed E-state index contributed by atoms with van der Waals surface area (Å²) in [5, 5.41) is 9.09. The third kappa shape index (κ3) is 3.63. The fraction of sp³-hybridized carbons (Fsp3) is 0.429. The first-order chi connectivity index (χ1) is 10.1. The van der Waals surface area contributed by atoms with E-state index in [0.717, 1.165) is 0 Å². The lowest BCUT2D eigenvalue weighted by molar-refractivity contribution is -0.159. The Hall–Kier alpha value is -2.28. The van der Waals surface area contributed by atoms with Gasteiger partial charge in [0, 0.05) is 6.54 Å². The van der Waals surface area contributed by atoms with Gasteiger partial charge in [0.05, 0.1) is 20.3 Å². The first-order valence-corrected chi connectivity index (χ1v) is 6.49. The third-order valence-electron chi connectivity index (χ3n) is 3.15. The lowest BCUT2D eigenvalue weighted by Gasteiger charge is -2.32. The number of carbonyl (C=O) groups is 2. The summed E-state index contributed by atoms with van der Waals surface area (Å²) in [5.74, 6) is -0.521. The molecule has 1 N–H and O–H groups in total. The second kappa shape index (κ2) is 6.94. The number of morpholine rings is 1. The number of methoxy groups -OCH3 is 1. The van der Waals surface area contributed by atoms with Crippen LogP contribution in [-0.2, 0) is 14.3 Å². The van der Waals surface area contributed by atoms with Crippen LogP contribution in [0.5, 0.6) is 11.5 Å². The van der Waals surface area contributed by atoms with Crippen LogP contribution in [0, 0.1) is 0 Å². The van der Waals surface area contributed by atoms with Crippen LogP contribution in [0.25, 0.3) is 0 Å². The molecule has 7 nitrogen and oxygen atoms in total. The van der Waals surface area contributed by atoms with Crippen molar-refractivity contribution >= 4 is 11.9 Å². The predicted molar refractivity (Wildman–Crippen MR) is 72.4 cm³/mol. The maximum Gasteiger partial charge on any atom is 0.328 e. The van der Waals surface area contributed by atoms with Gasteiger partial charge in [-0.1, -0.05) is 12.1 Å². The maximum absolute atomic E-state index is 12.1. The van der Waals surface area contributed by atoms with Crippen molar-refractivity contribution in [2.24, 2.45) is 0 Å². The monoisotopic (exact) mass is 295 g/mol. The normalized spacial score (nSPS) is 18.1. The average molecular weight is 295 g/mol. The second-order valence-electron chi connectivity index (χ2n) is 4.46. The highest BCUT2D eigenvalue weighted by Crippen LogP contribution is 2.25. The van der Waals surface area contributed by atoms with Crippen molar-refractivity contribution in [1.29, 1.82) is 0 Å². The number of carbonyl (C=O) groups excluding carboxylic acids is 1. The highest BCUT2D eigenvalue weighted by atomic mass is 16.5. The number of carboxylic acid groups (broad SMARTS) is 1. The number of aliphatic carboxylic acids is 1. The van der Waals surface area contributed by atoms with Gasteiger partial charge >= 0.3 is 5.97 Å². The molecule has 1 aliphatic rings. The van der Waals surface area contributed by atoms with E-state index < -0.39 is 17.9 Å². The van der Waals surface area contributed by atoms with Gasteiger partial charge in [0.2, 0.25) is 0 Å². The molecule has 0 radical (unpaired) electrons. The molecule has 1 amide bonds. The van der Waals surface area contributed by atoms with E-state index >= 15 is 0 Å². The summed E-state index contributed by atoms with van der Waals surface area (Å²) in [6, 6.07) is 5.98. The molecule has 1 aromatic rings. The van der Waals surface area contributed by atoms with E-state index in [0.29, 0.717) is 18.1 Å². The van der Waals surface area contributed by atoms with E-state index in [1.165, 1.54) is 12.0 Å². The molecular weight excluding hydrogens is 278 g/mol. The molecule has 1 fully saturated rings. The Balaban J connectivity index is 1.99. The number of benzene rings is 1. The van der Waals surface area contributed by atoms with Crippen LogP contribution < -0.4 is 9.47 Å². The van der Waals surface area contributed by atoms with Gasteiger partial charge in [0.1, 0.15) is 0 Å². The van der Waals surface area contributed by atoms with Gasteiger partial charge in [-0.25, -0.2) is 4.79 Å². The zero-order valence-corrected chi connectivity index (χ0v) is 11.7. The van der Waals surface area contributed by atoms with Crippen molar-refractivity contribution in [3.63, 3.8) is 0 Å². The molecule has 1 atom stereocenters. The number of ether oxygens (including phenoxy) is 3. The zero-order valence-electron chi connectivity index (χ0n) is 11.7. The Labute approximate surface area is 122 Å². The summed E-state index contributed by atoms with van der Waals surface area (Å²) >= 11 is 0. The van der Waals surface area contributed by atoms with Gasteiger partial charge in [0.25, 0.3) is 5.91 Å². The molecule has 1 aromatic carbocycles. The molecule has 0 aliphatic carbocycles. The van der Waals surface area contributed by atoms with Crippen LogP contribution in [0.3, 0.4) is 0 Å². The highest BCUT2D eigenvalue weighted by Gasteiger charge is 2.32. The Morgan fingerprint density at radius 3 is 2.76 bits per heavy atom. The molecule has 0 saturated carbocycles. The highest BCUT2D eigenvalue weighted by molar-refractivity contribution is 5.84. The molecular formula is C14H17NO6. The molecule has 7 heteroatoms. The van der Waals surface area contributed by atoms with Crippen molar-refractivity contribution in [2.45, 2.75) is 6.04 Å². The van der Waals surface area contributed by atoms with Gasteiger partial charge in [-0.05, 0) is 12.1 Å². The Morgan fingerprint density at radius 1 is 1.38 bits per heavy atom. The predicted octanol–water partition coefficient (Wildman–Crippen LogP) is 0.386. The molecule has 1 aliphatic heterocycles. The summed E-state index contributed by atoms with van der Waals surface area (Å²) < 4.78 is 15.6. The fourth-order valence-electron chi connectivity index (χ4n) is 2.07. The lowest BCUT2D eigenvalue weighted by atomic mass is 10.2.